The summed E-state index contributed by atoms with van der Waals surface area (Å²) in [7, 11) is 0. The second-order valence-electron chi connectivity index (χ2n) is 5.87. The molecule has 1 fully saturated rings. The molecule has 114 valence electrons. The van der Waals surface area contributed by atoms with E-state index in [-0.39, 0.29) is 18.4 Å². The van der Waals surface area contributed by atoms with E-state index < -0.39 is 0 Å². The van der Waals surface area contributed by atoms with Crippen LogP contribution in [0.15, 0.2) is 18.2 Å². The fourth-order valence-electron chi connectivity index (χ4n) is 2.53. The van der Waals surface area contributed by atoms with Gasteiger partial charge in [-0.25, -0.2) is 0 Å². The van der Waals surface area contributed by atoms with Gasteiger partial charge in [0.05, 0.1) is 6.54 Å². The maximum Gasteiger partial charge on any atom is 0.244 e. The highest BCUT2D eigenvalue weighted by Gasteiger charge is 2.22. The van der Waals surface area contributed by atoms with Crippen molar-refractivity contribution in [2.45, 2.75) is 33.1 Å². The zero-order valence-corrected chi connectivity index (χ0v) is 12.7. The van der Waals surface area contributed by atoms with E-state index in [0.717, 1.165) is 24.1 Å². The first kappa shape index (κ1) is 15.4. The minimum absolute atomic E-state index is 0.0727. The lowest BCUT2D eigenvalue weighted by atomic mass is 10.0. The van der Waals surface area contributed by atoms with Crippen LogP contribution in [0, 0.1) is 12.8 Å². The minimum atomic E-state index is -0.161. The van der Waals surface area contributed by atoms with Crippen LogP contribution in [0.2, 0.25) is 0 Å². The third-order valence-corrected chi connectivity index (χ3v) is 3.95. The van der Waals surface area contributed by atoms with Gasteiger partial charge in [-0.3, -0.25) is 9.59 Å². The number of nitrogens with zero attached hydrogens (tertiary/aromatic N) is 1. The average molecular weight is 289 g/mol. The standard InChI is InChI=1S/C16H23N3O2/c1-11-3-6-16(21)19(8-7-11)10-15(20)18-14-5-4-13(17)9-12(14)2/h4-5,9,11H,3,6-8,10,17H2,1-2H3,(H,18,20). The van der Waals surface area contributed by atoms with Crippen molar-refractivity contribution < 1.29 is 9.59 Å². The summed E-state index contributed by atoms with van der Waals surface area (Å²) >= 11 is 0. The number of rotatable bonds is 3. The molecular formula is C16H23N3O2. The topological polar surface area (TPSA) is 75.4 Å². The first-order chi connectivity index (χ1) is 9.95. The summed E-state index contributed by atoms with van der Waals surface area (Å²) in [5.41, 5.74) is 8.02. The molecule has 2 amide bonds. The summed E-state index contributed by atoms with van der Waals surface area (Å²) in [6.45, 7) is 4.82. The van der Waals surface area contributed by atoms with E-state index in [0.29, 0.717) is 24.6 Å². The van der Waals surface area contributed by atoms with Gasteiger partial charge in [-0.1, -0.05) is 6.92 Å². The predicted octanol–water partition coefficient (Wildman–Crippen LogP) is 2.16. The van der Waals surface area contributed by atoms with Gasteiger partial charge in [0.1, 0.15) is 0 Å². The van der Waals surface area contributed by atoms with Gasteiger partial charge in [-0.2, -0.15) is 0 Å². The molecule has 0 radical (unpaired) electrons. The van der Waals surface area contributed by atoms with Crippen molar-refractivity contribution in [1.29, 1.82) is 0 Å². The summed E-state index contributed by atoms with van der Waals surface area (Å²) in [4.78, 5) is 25.8. The fourth-order valence-corrected chi connectivity index (χ4v) is 2.53. The van der Waals surface area contributed by atoms with E-state index in [9.17, 15) is 9.59 Å². The van der Waals surface area contributed by atoms with Gasteiger partial charge in [0.25, 0.3) is 0 Å². The van der Waals surface area contributed by atoms with Crippen LogP contribution in [0.25, 0.3) is 0 Å². The Balaban J connectivity index is 1.96. The monoisotopic (exact) mass is 289 g/mol. The lowest BCUT2D eigenvalue weighted by Crippen LogP contribution is -2.37. The zero-order valence-electron chi connectivity index (χ0n) is 12.7. The molecule has 1 saturated heterocycles. The molecule has 1 unspecified atom stereocenters. The second-order valence-corrected chi connectivity index (χ2v) is 5.87. The van der Waals surface area contributed by atoms with Crippen molar-refractivity contribution in [3.05, 3.63) is 23.8 Å². The van der Waals surface area contributed by atoms with Gasteiger partial charge in [0, 0.05) is 24.3 Å². The molecule has 1 aromatic rings. The largest absolute Gasteiger partial charge is 0.399 e. The van der Waals surface area contributed by atoms with Crippen molar-refractivity contribution in [3.63, 3.8) is 0 Å². The van der Waals surface area contributed by atoms with E-state index in [2.05, 4.69) is 12.2 Å². The molecule has 1 aliphatic heterocycles. The Morgan fingerprint density at radius 3 is 2.90 bits per heavy atom. The first-order valence-electron chi connectivity index (χ1n) is 7.39. The molecule has 0 saturated carbocycles. The van der Waals surface area contributed by atoms with Gasteiger partial charge in [-0.05, 0) is 49.4 Å². The smallest absolute Gasteiger partial charge is 0.244 e. The number of nitrogen functional groups attached to an aromatic ring is 1. The van der Waals surface area contributed by atoms with Crippen LogP contribution in [-0.2, 0) is 9.59 Å². The number of hydrogen-bond acceptors (Lipinski definition) is 3. The van der Waals surface area contributed by atoms with Crippen LogP contribution >= 0.6 is 0 Å². The molecule has 1 heterocycles. The van der Waals surface area contributed by atoms with Gasteiger partial charge in [0.15, 0.2) is 0 Å². The molecule has 0 aliphatic carbocycles. The number of nitrogens with one attached hydrogen (secondary N) is 1. The van der Waals surface area contributed by atoms with Gasteiger partial charge >= 0.3 is 0 Å². The van der Waals surface area contributed by atoms with Crippen LogP contribution in [0.4, 0.5) is 11.4 Å². The summed E-state index contributed by atoms with van der Waals surface area (Å²) in [6.07, 6.45) is 2.41. The summed E-state index contributed by atoms with van der Waals surface area (Å²) in [5, 5.41) is 2.85. The van der Waals surface area contributed by atoms with Gasteiger partial charge < -0.3 is 16.0 Å². The number of carbonyl (C=O) groups excluding carboxylic acids is 2. The number of likely N-dealkylation sites (tertiary alicyclic amines) is 1. The fraction of sp³-hybridized carbons (Fsp3) is 0.500. The summed E-state index contributed by atoms with van der Waals surface area (Å²) in [6, 6.07) is 5.35. The number of hydrogen-bond donors (Lipinski definition) is 2. The van der Waals surface area contributed by atoms with Crippen LogP contribution in [0.3, 0.4) is 0 Å². The third kappa shape index (κ3) is 4.21. The Hall–Kier alpha value is -2.04. The number of benzene rings is 1. The highest BCUT2D eigenvalue weighted by atomic mass is 16.2. The normalized spacial score (nSPS) is 19.2. The highest BCUT2D eigenvalue weighted by Crippen LogP contribution is 2.19. The summed E-state index contributed by atoms with van der Waals surface area (Å²) < 4.78 is 0. The van der Waals surface area contributed by atoms with Crippen molar-refractivity contribution >= 4 is 23.2 Å². The SMILES string of the molecule is Cc1cc(N)ccc1NC(=O)CN1CCC(C)CCC1=O. The molecule has 3 N–H and O–H groups in total. The zero-order chi connectivity index (χ0) is 15.4. The molecule has 0 bridgehead atoms. The van der Waals surface area contributed by atoms with E-state index >= 15 is 0 Å². The van der Waals surface area contributed by atoms with Crippen molar-refractivity contribution in [1.82, 2.24) is 4.90 Å². The van der Waals surface area contributed by atoms with Gasteiger partial charge in [-0.15, -0.1) is 0 Å². The van der Waals surface area contributed by atoms with Crippen LogP contribution in [0.5, 0.6) is 0 Å². The van der Waals surface area contributed by atoms with Gasteiger partial charge in [0.2, 0.25) is 11.8 Å². The van der Waals surface area contributed by atoms with Crippen LogP contribution < -0.4 is 11.1 Å². The highest BCUT2D eigenvalue weighted by molar-refractivity contribution is 5.95. The van der Waals surface area contributed by atoms with E-state index in [1.807, 2.05) is 13.0 Å². The number of nitrogens with two attached hydrogens (primary N) is 1. The first-order valence-corrected chi connectivity index (χ1v) is 7.39. The Morgan fingerprint density at radius 1 is 1.43 bits per heavy atom. The molecule has 21 heavy (non-hydrogen) atoms. The molecule has 5 heteroatoms. The number of aryl methyl sites for hydroxylation is 1. The lowest BCUT2D eigenvalue weighted by molar-refractivity contribution is -0.134. The molecule has 1 aromatic carbocycles. The minimum Gasteiger partial charge on any atom is -0.399 e. The Morgan fingerprint density at radius 2 is 2.19 bits per heavy atom. The quantitative estimate of drug-likeness (QED) is 0.837. The predicted molar refractivity (Wildman–Crippen MR) is 83.8 cm³/mol. The number of carbonyl (C=O) groups is 2. The maximum atomic E-state index is 12.1. The Kier molecular flexibility index (Phi) is 4.83. The molecule has 5 nitrogen and oxygen atoms in total. The van der Waals surface area contributed by atoms with E-state index in [1.165, 1.54) is 0 Å². The molecular weight excluding hydrogens is 266 g/mol. The van der Waals surface area contributed by atoms with Crippen LogP contribution in [0.1, 0.15) is 31.7 Å². The van der Waals surface area contributed by atoms with Crippen LogP contribution in [-0.4, -0.2) is 29.8 Å². The molecule has 2 rings (SSSR count). The Bertz CT molecular complexity index is 542. The molecule has 1 aliphatic rings. The van der Waals surface area contributed by atoms with Crippen molar-refractivity contribution in [2.75, 3.05) is 24.1 Å². The maximum absolute atomic E-state index is 12.1. The molecule has 1 atom stereocenters. The third-order valence-electron chi connectivity index (χ3n) is 3.95. The average Bonchev–Trinajstić information content (AvgIpc) is 2.57. The summed E-state index contributed by atoms with van der Waals surface area (Å²) in [5.74, 6) is 0.454. The molecule has 0 aromatic heterocycles. The number of amides is 2. The van der Waals surface area contributed by atoms with Crippen molar-refractivity contribution in [3.8, 4) is 0 Å². The molecule has 0 spiro atoms. The van der Waals surface area contributed by atoms with E-state index in [1.54, 1.807) is 17.0 Å². The number of anilines is 2. The lowest BCUT2D eigenvalue weighted by Gasteiger charge is -2.20. The second kappa shape index (κ2) is 6.61. The van der Waals surface area contributed by atoms with E-state index in [4.69, 9.17) is 5.73 Å². The van der Waals surface area contributed by atoms with Crippen molar-refractivity contribution in [2.24, 2.45) is 5.92 Å². The Labute approximate surface area is 125 Å².